The van der Waals surface area contributed by atoms with Gasteiger partial charge in [-0.25, -0.2) is 9.37 Å². The van der Waals surface area contributed by atoms with E-state index in [1.807, 2.05) is 13.8 Å². The fraction of sp³-hybridized carbons (Fsp3) is 0.444. The summed E-state index contributed by atoms with van der Waals surface area (Å²) in [5.41, 5.74) is 1.51. The lowest BCUT2D eigenvalue weighted by Gasteiger charge is -2.29. The van der Waals surface area contributed by atoms with Gasteiger partial charge in [0.05, 0.1) is 18.9 Å². The van der Waals surface area contributed by atoms with Gasteiger partial charge in [-0.2, -0.15) is 0 Å². The van der Waals surface area contributed by atoms with Gasteiger partial charge in [0.2, 0.25) is 0 Å². The molecule has 1 aromatic heterocycles. The van der Waals surface area contributed by atoms with E-state index in [0.29, 0.717) is 10.6 Å². The number of benzene rings is 1. The molecular weight excluding hydrogens is 341 g/mol. The number of hydrogen-bond donors (Lipinski definition) is 1. The first kappa shape index (κ1) is 18.0. The van der Waals surface area contributed by atoms with Crippen LogP contribution in [0.1, 0.15) is 22.3 Å². The zero-order valence-electron chi connectivity index (χ0n) is 14.4. The first-order chi connectivity index (χ1) is 12.0. The highest BCUT2D eigenvalue weighted by atomic mass is 32.1. The summed E-state index contributed by atoms with van der Waals surface area (Å²) in [5, 5.41) is 3.77. The van der Waals surface area contributed by atoms with Gasteiger partial charge >= 0.3 is 0 Å². The van der Waals surface area contributed by atoms with Gasteiger partial charge < -0.3 is 10.1 Å². The molecule has 0 bridgehead atoms. The van der Waals surface area contributed by atoms with Crippen molar-refractivity contribution >= 4 is 17.2 Å². The number of morpholine rings is 1. The molecule has 1 aliphatic rings. The van der Waals surface area contributed by atoms with Crippen molar-refractivity contribution in [2.45, 2.75) is 19.9 Å². The number of thiazole rings is 1. The lowest BCUT2D eigenvalue weighted by atomic mass is 10.2. The molecule has 1 amide bonds. The van der Waals surface area contributed by atoms with Crippen molar-refractivity contribution in [3.8, 4) is 10.6 Å². The number of carbonyl (C=O) groups is 1. The molecule has 3 rings (SSSR count). The van der Waals surface area contributed by atoms with Crippen LogP contribution in [0.3, 0.4) is 0 Å². The Bertz CT molecular complexity index is 726. The molecule has 2 heterocycles. The van der Waals surface area contributed by atoms with Gasteiger partial charge in [-0.1, -0.05) is 0 Å². The largest absolute Gasteiger partial charge is 0.379 e. The topological polar surface area (TPSA) is 54.5 Å². The number of nitrogens with zero attached hydrogens (tertiary/aromatic N) is 2. The van der Waals surface area contributed by atoms with E-state index in [-0.39, 0.29) is 17.8 Å². The first-order valence-corrected chi connectivity index (χ1v) is 9.19. The number of aromatic nitrogens is 1. The molecule has 1 fully saturated rings. The van der Waals surface area contributed by atoms with Crippen molar-refractivity contribution in [1.29, 1.82) is 0 Å². The summed E-state index contributed by atoms with van der Waals surface area (Å²) < 4.78 is 18.4. The highest BCUT2D eigenvalue weighted by Crippen LogP contribution is 2.28. The second-order valence-electron chi connectivity index (χ2n) is 6.23. The number of rotatable bonds is 5. The Morgan fingerprint density at radius 3 is 2.72 bits per heavy atom. The fourth-order valence-corrected chi connectivity index (χ4v) is 3.80. The maximum Gasteiger partial charge on any atom is 0.263 e. The van der Waals surface area contributed by atoms with E-state index in [1.54, 1.807) is 12.1 Å². The summed E-state index contributed by atoms with van der Waals surface area (Å²) in [6.45, 7) is 7.92. The van der Waals surface area contributed by atoms with Crippen LogP contribution in [0.15, 0.2) is 24.3 Å². The molecule has 0 aliphatic carbocycles. The van der Waals surface area contributed by atoms with E-state index in [1.165, 1.54) is 23.5 Å². The van der Waals surface area contributed by atoms with Gasteiger partial charge in [0.1, 0.15) is 15.7 Å². The van der Waals surface area contributed by atoms with Crippen molar-refractivity contribution < 1.29 is 13.9 Å². The molecule has 1 saturated heterocycles. The summed E-state index contributed by atoms with van der Waals surface area (Å²) >= 11 is 1.34. The Morgan fingerprint density at radius 2 is 2.04 bits per heavy atom. The van der Waals surface area contributed by atoms with E-state index in [2.05, 4.69) is 15.2 Å². The highest BCUT2D eigenvalue weighted by molar-refractivity contribution is 7.17. The Morgan fingerprint density at radius 1 is 1.36 bits per heavy atom. The number of carbonyl (C=O) groups excluding carboxylic acids is 1. The zero-order chi connectivity index (χ0) is 17.8. The molecule has 25 heavy (non-hydrogen) atoms. The molecule has 0 spiro atoms. The number of ether oxygens (including phenoxy) is 1. The molecule has 0 saturated carbocycles. The third-order valence-corrected chi connectivity index (χ3v) is 5.31. The van der Waals surface area contributed by atoms with E-state index in [4.69, 9.17) is 4.74 Å². The van der Waals surface area contributed by atoms with Crippen LogP contribution in [0.5, 0.6) is 0 Å². The second-order valence-corrected chi connectivity index (χ2v) is 7.23. The highest BCUT2D eigenvalue weighted by Gasteiger charge is 2.20. The normalized spacial score (nSPS) is 16.6. The number of aryl methyl sites for hydroxylation is 1. The Balaban J connectivity index is 1.64. The average Bonchev–Trinajstić information content (AvgIpc) is 2.98. The molecule has 7 heteroatoms. The van der Waals surface area contributed by atoms with Crippen LogP contribution in [0.4, 0.5) is 4.39 Å². The van der Waals surface area contributed by atoms with Crippen LogP contribution in [0, 0.1) is 12.7 Å². The lowest BCUT2D eigenvalue weighted by Crippen LogP contribution is -2.46. The molecule has 1 atom stereocenters. The van der Waals surface area contributed by atoms with Crippen molar-refractivity contribution in [2.24, 2.45) is 0 Å². The molecular formula is C18H22FN3O2S. The molecule has 5 nitrogen and oxygen atoms in total. The first-order valence-electron chi connectivity index (χ1n) is 8.37. The average molecular weight is 363 g/mol. The quantitative estimate of drug-likeness (QED) is 0.887. The minimum absolute atomic E-state index is 0.0429. The third kappa shape index (κ3) is 4.62. The molecule has 134 valence electrons. The van der Waals surface area contributed by atoms with Gasteiger partial charge in [-0.05, 0) is 38.1 Å². The molecule has 1 aliphatic heterocycles. The predicted octanol–water partition coefficient (Wildman–Crippen LogP) is 2.71. The number of halogens is 1. The number of hydrogen-bond acceptors (Lipinski definition) is 5. The third-order valence-electron chi connectivity index (χ3n) is 4.11. The van der Waals surface area contributed by atoms with E-state index < -0.39 is 0 Å². The number of amides is 1. The minimum Gasteiger partial charge on any atom is -0.379 e. The van der Waals surface area contributed by atoms with Gasteiger partial charge in [0.15, 0.2) is 0 Å². The molecule has 2 aromatic rings. The molecule has 0 unspecified atom stereocenters. The van der Waals surface area contributed by atoms with Crippen LogP contribution in [-0.2, 0) is 4.74 Å². The van der Waals surface area contributed by atoms with Crippen molar-refractivity contribution in [3.05, 3.63) is 40.7 Å². The van der Waals surface area contributed by atoms with Crippen molar-refractivity contribution in [1.82, 2.24) is 15.2 Å². The Hall–Kier alpha value is -1.83. The fourth-order valence-electron chi connectivity index (χ4n) is 2.83. The smallest absolute Gasteiger partial charge is 0.263 e. The Kier molecular flexibility index (Phi) is 5.78. The number of nitrogens with one attached hydrogen (secondary N) is 1. The molecule has 1 aromatic carbocycles. The molecule has 0 radical (unpaired) electrons. The van der Waals surface area contributed by atoms with Crippen molar-refractivity contribution in [2.75, 3.05) is 32.8 Å². The van der Waals surface area contributed by atoms with Crippen LogP contribution >= 0.6 is 11.3 Å². The van der Waals surface area contributed by atoms with Gasteiger partial charge in [-0.15, -0.1) is 11.3 Å². The lowest BCUT2D eigenvalue weighted by molar-refractivity contribution is 0.0342. The summed E-state index contributed by atoms with van der Waals surface area (Å²) in [6.07, 6.45) is 0. The predicted molar refractivity (Wildman–Crippen MR) is 96.4 cm³/mol. The molecule has 1 N–H and O–H groups in total. The zero-order valence-corrected chi connectivity index (χ0v) is 15.2. The van der Waals surface area contributed by atoms with Crippen LogP contribution < -0.4 is 5.32 Å². The summed E-state index contributed by atoms with van der Waals surface area (Å²) in [7, 11) is 0. The van der Waals surface area contributed by atoms with E-state index in [0.717, 1.165) is 43.4 Å². The van der Waals surface area contributed by atoms with Crippen LogP contribution in [0.2, 0.25) is 0 Å². The van der Waals surface area contributed by atoms with Crippen molar-refractivity contribution in [3.63, 3.8) is 0 Å². The van der Waals surface area contributed by atoms with E-state index >= 15 is 0 Å². The maximum atomic E-state index is 13.1. The maximum absolute atomic E-state index is 13.1. The summed E-state index contributed by atoms with van der Waals surface area (Å²) in [4.78, 5) is 19.9. The van der Waals surface area contributed by atoms with E-state index in [9.17, 15) is 9.18 Å². The minimum atomic E-state index is -0.285. The van der Waals surface area contributed by atoms with Crippen LogP contribution in [-0.4, -0.2) is 54.7 Å². The summed E-state index contributed by atoms with van der Waals surface area (Å²) in [5.74, 6) is -0.393. The van der Waals surface area contributed by atoms with Gasteiger partial charge in [-0.3, -0.25) is 9.69 Å². The monoisotopic (exact) mass is 363 g/mol. The standard InChI is InChI=1S/C18H22FN3O2S/c1-12(11-22-7-9-24-10-8-22)20-17(23)16-13(2)21-18(25-16)14-3-5-15(19)6-4-14/h3-6,12H,7-11H2,1-2H3,(H,20,23)/t12-/m0/s1. The second kappa shape index (κ2) is 8.03. The van der Waals surface area contributed by atoms with Gasteiger partial charge in [0, 0.05) is 31.2 Å². The van der Waals surface area contributed by atoms with Crippen LogP contribution in [0.25, 0.3) is 10.6 Å². The van der Waals surface area contributed by atoms with Gasteiger partial charge in [0.25, 0.3) is 5.91 Å². The SMILES string of the molecule is Cc1nc(-c2ccc(F)cc2)sc1C(=O)N[C@@H](C)CN1CCOCC1. The Labute approximate surface area is 150 Å². The summed E-state index contributed by atoms with van der Waals surface area (Å²) in [6, 6.07) is 6.19.